The van der Waals surface area contributed by atoms with Gasteiger partial charge in [0.05, 0.1) is 17.8 Å². The molecule has 1 aliphatic carbocycles. The Bertz CT molecular complexity index is 1140. The molecule has 3 aromatic heterocycles. The fourth-order valence-corrected chi connectivity index (χ4v) is 3.50. The number of nitrogens with one attached hydrogen (secondary N) is 1. The largest absolute Gasteiger partial charge is 0.353 e. The van der Waals surface area contributed by atoms with Gasteiger partial charge >= 0.3 is 0 Å². The molecule has 1 amide bonds. The van der Waals surface area contributed by atoms with Crippen molar-refractivity contribution in [1.29, 1.82) is 0 Å². The van der Waals surface area contributed by atoms with Crippen LogP contribution in [0.25, 0.3) is 22.2 Å². The Morgan fingerprint density at radius 3 is 2.79 bits per heavy atom. The van der Waals surface area contributed by atoms with E-state index in [1.54, 1.807) is 17.1 Å². The highest BCUT2D eigenvalue weighted by Crippen LogP contribution is 2.43. The van der Waals surface area contributed by atoms with E-state index in [0.717, 1.165) is 27.9 Å². The van der Waals surface area contributed by atoms with E-state index in [2.05, 4.69) is 26.8 Å². The van der Waals surface area contributed by atoms with Crippen molar-refractivity contribution >= 4 is 16.9 Å². The van der Waals surface area contributed by atoms with E-state index in [-0.39, 0.29) is 12.5 Å². The molecule has 146 valence electrons. The first-order valence-electron chi connectivity index (χ1n) is 9.80. The van der Waals surface area contributed by atoms with Crippen molar-refractivity contribution in [3.05, 3.63) is 60.7 Å². The Hall–Kier alpha value is -3.55. The number of hydrogen-bond acceptors (Lipinski definition) is 5. The molecule has 8 heteroatoms. The van der Waals surface area contributed by atoms with Crippen molar-refractivity contribution in [2.45, 2.75) is 31.8 Å². The highest BCUT2D eigenvalue weighted by molar-refractivity contribution is 5.79. The van der Waals surface area contributed by atoms with Gasteiger partial charge in [-0.05, 0) is 42.7 Å². The van der Waals surface area contributed by atoms with Gasteiger partial charge in [0, 0.05) is 36.6 Å². The minimum Gasteiger partial charge on any atom is -0.353 e. The van der Waals surface area contributed by atoms with Gasteiger partial charge in [-0.25, -0.2) is 4.68 Å². The molecule has 5 rings (SSSR count). The van der Waals surface area contributed by atoms with Crippen LogP contribution in [0.15, 0.2) is 55.0 Å². The third-order valence-electron chi connectivity index (χ3n) is 5.12. The van der Waals surface area contributed by atoms with Crippen molar-refractivity contribution in [3.63, 3.8) is 0 Å². The summed E-state index contributed by atoms with van der Waals surface area (Å²) in [5.74, 6) is 0.458. The summed E-state index contributed by atoms with van der Waals surface area (Å²) in [6, 6.07) is 11.6. The molecule has 4 aromatic rings. The number of hydrogen-bond donors (Lipinski definition) is 1. The lowest BCUT2D eigenvalue weighted by molar-refractivity contribution is -0.121. The summed E-state index contributed by atoms with van der Waals surface area (Å²) in [6.45, 7) is 1.27. The summed E-state index contributed by atoms with van der Waals surface area (Å²) in [7, 11) is 0. The van der Waals surface area contributed by atoms with Crippen LogP contribution in [0.3, 0.4) is 0 Å². The third kappa shape index (κ3) is 3.73. The van der Waals surface area contributed by atoms with Crippen LogP contribution in [-0.4, -0.2) is 42.2 Å². The van der Waals surface area contributed by atoms with Crippen LogP contribution in [0, 0.1) is 0 Å². The molecule has 1 saturated carbocycles. The molecule has 1 aromatic carbocycles. The molecule has 0 unspecified atom stereocenters. The fraction of sp³-hybridized carbons (Fsp3) is 0.286. The van der Waals surface area contributed by atoms with Gasteiger partial charge in [-0.3, -0.25) is 14.5 Å². The van der Waals surface area contributed by atoms with Gasteiger partial charge in [-0.2, -0.15) is 5.10 Å². The van der Waals surface area contributed by atoms with Gasteiger partial charge in [0.25, 0.3) is 0 Å². The zero-order chi connectivity index (χ0) is 19.6. The molecule has 1 N–H and O–H groups in total. The second-order valence-corrected chi connectivity index (χ2v) is 7.29. The average molecular weight is 387 g/mol. The molecule has 0 spiro atoms. The molecule has 0 saturated heterocycles. The topological polar surface area (TPSA) is 90.5 Å². The normalized spacial score (nSPS) is 13.7. The first-order valence-corrected chi connectivity index (χ1v) is 9.80. The smallest absolute Gasteiger partial charge is 0.241 e. The van der Waals surface area contributed by atoms with Crippen LogP contribution in [0.2, 0.25) is 0 Å². The van der Waals surface area contributed by atoms with E-state index in [9.17, 15) is 4.79 Å². The van der Waals surface area contributed by atoms with E-state index in [1.807, 2.05) is 41.1 Å². The number of para-hydroxylation sites is 1. The summed E-state index contributed by atoms with van der Waals surface area (Å²) in [5.41, 5.74) is 5.08. The molecule has 1 aliphatic rings. The van der Waals surface area contributed by atoms with Crippen LogP contribution >= 0.6 is 0 Å². The monoisotopic (exact) mass is 387 g/mol. The maximum absolute atomic E-state index is 12.3. The highest BCUT2D eigenvalue weighted by Gasteiger charge is 2.29. The molecule has 0 radical (unpaired) electrons. The van der Waals surface area contributed by atoms with E-state index >= 15 is 0 Å². The number of rotatable bonds is 7. The second-order valence-electron chi connectivity index (χ2n) is 7.29. The molecule has 0 atom stereocenters. The SMILES string of the molecule is O=C(Cn1nnc2ccccc21)NCCn1cc(-c2ccncc2)c(C2CC2)n1. The lowest BCUT2D eigenvalue weighted by Crippen LogP contribution is -2.30. The first-order chi connectivity index (χ1) is 14.3. The summed E-state index contributed by atoms with van der Waals surface area (Å²) >= 11 is 0. The van der Waals surface area contributed by atoms with E-state index in [0.29, 0.717) is 19.0 Å². The number of carbonyl (C=O) groups is 1. The predicted molar refractivity (Wildman–Crippen MR) is 108 cm³/mol. The van der Waals surface area contributed by atoms with Crippen LogP contribution in [0.4, 0.5) is 0 Å². The number of amides is 1. The van der Waals surface area contributed by atoms with E-state index in [4.69, 9.17) is 5.10 Å². The maximum Gasteiger partial charge on any atom is 0.241 e. The maximum atomic E-state index is 12.3. The molecule has 8 nitrogen and oxygen atoms in total. The summed E-state index contributed by atoms with van der Waals surface area (Å²) in [5, 5.41) is 15.9. The summed E-state index contributed by atoms with van der Waals surface area (Å²) in [6.07, 6.45) is 8.06. The minimum absolute atomic E-state index is 0.0930. The number of pyridine rings is 1. The predicted octanol–water partition coefficient (Wildman–Crippen LogP) is 2.38. The Kier molecular flexibility index (Phi) is 4.51. The molecule has 29 heavy (non-hydrogen) atoms. The van der Waals surface area contributed by atoms with Gasteiger partial charge in [-0.15, -0.1) is 5.10 Å². The standard InChI is InChI=1S/C21H21N7O/c29-20(14-28-19-4-2-1-3-18(19)24-26-28)23-11-12-27-13-17(15-7-9-22-10-8-15)21(25-27)16-5-6-16/h1-4,7-10,13,16H,5-6,11-12,14H2,(H,23,29). The number of carbonyl (C=O) groups excluding carboxylic acids is 1. The Morgan fingerprint density at radius 2 is 1.97 bits per heavy atom. The molecule has 0 aliphatic heterocycles. The number of benzene rings is 1. The first kappa shape index (κ1) is 17.5. The van der Waals surface area contributed by atoms with Crippen molar-refractivity contribution in [3.8, 4) is 11.1 Å². The zero-order valence-corrected chi connectivity index (χ0v) is 15.9. The second kappa shape index (κ2) is 7.46. The van der Waals surface area contributed by atoms with E-state index in [1.165, 1.54) is 12.8 Å². The molecule has 1 fully saturated rings. The van der Waals surface area contributed by atoms with Crippen LogP contribution in [-0.2, 0) is 17.9 Å². The van der Waals surface area contributed by atoms with Crippen molar-refractivity contribution in [2.75, 3.05) is 6.54 Å². The highest BCUT2D eigenvalue weighted by atomic mass is 16.2. The number of aromatic nitrogens is 6. The van der Waals surface area contributed by atoms with Gasteiger partial charge in [0.1, 0.15) is 12.1 Å². The molecular formula is C21H21N7O. The van der Waals surface area contributed by atoms with E-state index < -0.39 is 0 Å². The third-order valence-corrected chi connectivity index (χ3v) is 5.12. The van der Waals surface area contributed by atoms with Gasteiger partial charge in [-0.1, -0.05) is 17.3 Å². The molecule has 3 heterocycles. The Balaban J connectivity index is 1.22. The van der Waals surface area contributed by atoms with Crippen molar-refractivity contribution < 1.29 is 4.79 Å². The lowest BCUT2D eigenvalue weighted by Gasteiger charge is -2.06. The van der Waals surface area contributed by atoms with Crippen LogP contribution < -0.4 is 5.32 Å². The summed E-state index contributed by atoms with van der Waals surface area (Å²) in [4.78, 5) is 16.4. The Morgan fingerprint density at radius 1 is 1.14 bits per heavy atom. The minimum atomic E-state index is -0.0930. The molecule has 0 bridgehead atoms. The Labute approximate surface area is 167 Å². The fourth-order valence-electron chi connectivity index (χ4n) is 3.50. The summed E-state index contributed by atoms with van der Waals surface area (Å²) < 4.78 is 3.54. The van der Waals surface area contributed by atoms with Crippen LogP contribution in [0.1, 0.15) is 24.5 Å². The molecular weight excluding hydrogens is 366 g/mol. The van der Waals surface area contributed by atoms with Gasteiger partial charge in [0.15, 0.2) is 0 Å². The van der Waals surface area contributed by atoms with Crippen molar-refractivity contribution in [2.24, 2.45) is 0 Å². The van der Waals surface area contributed by atoms with Crippen LogP contribution in [0.5, 0.6) is 0 Å². The lowest BCUT2D eigenvalue weighted by atomic mass is 10.1. The number of fused-ring (bicyclic) bond motifs is 1. The zero-order valence-electron chi connectivity index (χ0n) is 15.9. The quantitative estimate of drug-likeness (QED) is 0.526. The number of nitrogens with zero attached hydrogens (tertiary/aromatic N) is 6. The van der Waals surface area contributed by atoms with Crippen molar-refractivity contribution in [1.82, 2.24) is 35.1 Å². The average Bonchev–Trinajstić information content (AvgIpc) is 3.39. The van der Waals surface area contributed by atoms with Gasteiger partial charge < -0.3 is 5.32 Å². The van der Waals surface area contributed by atoms with Gasteiger partial charge in [0.2, 0.25) is 5.91 Å².